The number of nitrogens with one attached hydrogen (secondary N) is 2. The molecule has 2 N–H and O–H groups in total. The molecule has 1 aromatic carbocycles. The van der Waals surface area contributed by atoms with Gasteiger partial charge in [0.15, 0.2) is 5.96 Å². The first kappa shape index (κ1) is 24.5. The normalized spacial score (nSPS) is 17.4. The Labute approximate surface area is 185 Å². The molecule has 0 aromatic heterocycles. The highest BCUT2D eigenvalue weighted by Crippen LogP contribution is 2.22. The van der Waals surface area contributed by atoms with Gasteiger partial charge in [-0.2, -0.15) is 0 Å². The summed E-state index contributed by atoms with van der Waals surface area (Å²) in [6.07, 6.45) is 1.61. The van der Waals surface area contributed by atoms with E-state index in [2.05, 4.69) is 35.5 Å². The molecule has 1 aliphatic heterocycles. The van der Waals surface area contributed by atoms with Crippen molar-refractivity contribution in [1.29, 1.82) is 0 Å². The number of hydrogen-bond donors (Lipinski definition) is 2. The number of benzene rings is 1. The number of rotatable bonds is 7. The van der Waals surface area contributed by atoms with Crippen LogP contribution in [0.5, 0.6) is 0 Å². The third kappa shape index (κ3) is 8.13. The molecule has 0 unspecified atom stereocenters. The maximum Gasteiger partial charge on any atom is 0.214 e. The van der Waals surface area contributed by atoms with Crippen LogP contribution in [0.4, 0.5) is 0 Å². The van der Waals surface area contributed by atoms with Crippen molar-refractivity contribution in [2.45, 2.75) is 26.7 Å². The van der Waals surface area contributed by atoms with Crippen LogP contribution in [0.25, 0.3) is 0 Å². The van der Waals surface area contributed by atoms with Crippen LogP contribution in [0.3, 0.4) is 0 Å². The Bertz CT molecular complexity index is 741. The summed E-state index contributed by atoms with van der Waals surface area (Å²) in [7, 11) is -1.33. The maximum atomic E-state index is 11.8. The fourth-order valence-corrected chi connectivity index (χ4v) is 4.79. The summed E-state index contributed by atoms with van der Waals surface area (Å²) in [5, 5.41) is 7.27. The van der Waals surface area contributed by atoms with Gasteiger partial charge >= 0.3 is 0 Å². The maximum absolute atomic E-state index is 11.8. The molecule has 0 spiro atoms. The third-order valence-corrected chi connectivity index (χ3v) is 6.58. The summed E-state index contributed by atoms with van der Waals surface area (Å²) in [6.45, 7) is 6.72. The van der Waals surface area contributed by atoms with Crippen molar-refractivity contribution in [3.8, 4) is 0 Å². The lowest BCUT2D eigenvalue weighted by Crippen LogP contribution is -2.45. The Balaban J connectivity index is 0.00000364. The van der Waals surface area contributed by atoms with Gasteiger partial charge in [0.25, 0.3) is 0 Å². The SMILES string of the molecule is CN=C(NCCN1CCCS1(=O)=O)NCC(C)(C)Cc1cccc(Cl)c1.I. The van der Waals surface area contributed by atoms with Crippen LogP contribution < -0.4 is 10.6 Å². The van der Waals surface area contributed by atoms with Crippen LogP contribution >= 0.6 is 35.6 Å². The van der Waals surface area contributed by atoms with Crippen LogP contribution in [0.2, 0.25) is 5.02 Å². The fourth-order valence-electron chi connectivity index (χ4n) is 3.05. The smallest absolute Gasteiger partial charge is 0.214 e. The number of aliphatic imine (C=N–C) groups is 1. The summed E-state index contributed by atoms with van der Waals surface area (Å²) < 4.78 is 25.1. The van der Waals surface area contributed by atoms with Gasteiger partial charge in [-0.05, 0) is 36.0 Å². The number of nitrogens with zero attached hydrogens (tertiary/aromatic N) is 2. The Morgan fingerprint density at radius 2 is 2.07 bits per heavy atom. The third-order valence-electron chi connectivity index (χ3n) is 4.39. The zero-order valence-electron chi connectivity index (χ0n) is 16.2. The van der Waals surface area contributed by atoms with Gasteiger partial charge in [-0.1, -0.05) is 37.6 Å². The molecule has 27 heavy (non-hydrogen) atoms. The van der Waals surface area contributed by atoms with E-state index in [0.717, 1.165) is 18.0 Å². The van der Waals surface area contributed by atoms with E-state index in [4.69, 9.17) is 11.6 Å². The van der Waals surface area contributed by atoms with Gasteiger partial charge in [0.1, 0.15) is 0 Å². The Morgan fingerprint density at radius 3 is 2.67 bits per heavy atom. The van der Waals surface area contributed by atoms with Crippen LogP contribution in [-0.2, 0) is 16.4 Å². The first-order chi connectivity index (χ1) is 12.2. The molecule has 0 atom stereocenters. The van der Waals surface area contributed by atoms with Gasteiger partial charge in [-0.3, -0.25) is 4.99 Å². The van der Waals surface area contributed by atoms with Gasteiger partial charge in [0.2, 0.25) is 10.0 Å². The highest BCUT2D eigenvalue weighted by molar-refractivity contribution is 14.0. The van der Waals surface area contributed by atoms with Crippen molar-refractivity contribution in [2.75, 3.05) is 39.0 Å². The second-order valence-corrected chi connectivity index (χ2v) is 9.92. The quantitative estimate of drug-likeness (QED) is 0.324. The summed E-state index contributed by atoms with van der Waals surface area (Å²) in [5.74, 6) is 0.943. The Kier molecular flexibility index (Phi) is 9.81. The summed E-state index contributed by atoms with van der Waals surface area (Å²) in [5.41, 5.74) is 1.21. The van der Waals surface area contributed by atoms with Crippen molar-refractivity contribution in [3.63, 3.8) is 0 Å². The number of sulfonamides is 1. The molecule has 0 amide bonds. The Hall–Kier alpha value is -0.580. The minimum Gasteiger partial charge on any atom is -0.356 e. The van der Waals surface area contributed by atoms with Gasteiger partial charge in [0.05, 0.1) is 5.75 Å². The second kappa shape index (κ2) is 10.8. The first-order valence-electron chi connectivity index (χ1n) is 8.89. The van der Waals surface area contributed by atoms with E-state index in [-0.39, 0.29) is 35.1 Å². The Morgan fingerprint density at radius 1 is 1.33 bits per heavy atom. The van der Waals surface area contributed by atoms with E-state index in [1.807, 2.05) is 18.2 Å². The summed E-state index contributed by atoms with van der Waals surface area (Å²) in [4.78, 5) is 4.22. The lowest BCUT2D eigenvalue weighted by Gasteiger charge is -2.26. The van der Waals surface area contributed by atoms with Crippen molar-refractivity contribution in [1.82, 2.24) is 14.9 Å². The van der Waals surface area contributed by atoms with Crippen LogP contribution in [0.15, 0.2) is 29.3 Å². The van der Waals surface area contributed by atoms with Crippen LogP contribution in [0.1, 0.15) is 25.8 Å². The minimum absolute atomic E-state index is 0. The molecule has 1 aromatic rings. The minimum atomic E-state index is -3.04. The van der Waals surface area contributed by atoms with E-state index >= 15 is 0 Å². The zero-order chi connectivity index (χ0) is 19.2. The van der Waals surface area contributed by atoms with E-state index in [1.54, 1.807) is 7.05 Å². The topological polar surface area (TPSA) is 73.8 Å². The molecule has 1 heterocycles. The lowest BCUT2D eigenvalue weighted by molar-refractivity contribution is 0.358. The first-order valence-corrected chi connectivity index (χ1v) is 10.9. The number of halogens is 2. The van der Waals surface area contributed by atoms with Crippen LogP contribution in [0, 0.1) is 5.41 Å². The van der Waals surface area contributed by atoms with Gasteiger partial charge in [-0.25, -0.2) is 12.7 Å². The van der Waals surface area contributed by atoms with Crippen LogP contribution in [-0.4, -0.2) is 57.7 Å². The molecule has 0 aliphatic carbocycles. The molecule has 9 heteroatoms. The van der Waals surface area contributed by atoms with Crippen molar-refractivity contribution in [3.05, 3.63) is 34.9 Å². The highest BCUT2D eigenvalue weighted by atomic mass is 127. The van der Waals surface area contributed by atoms with Crippen molar-refractivity contribution >= 4 is 51.6 Å². The lowest BCUT2D eigenvalue weighted by atomic mass is 9.86. The monoisotopic (exact) mass is 528 g/mol. The zero-order valence-corrected chi connectivity index (χ0v) is 20.1. The molecule has 1 fully saturated rings. The number of guanidine groups is 1. The molecule has 0 radical (unpaired) electrons. The average Bonchev–Trinajstić information content (AvgIpc) is 2.89. The molecule has 2 rings (SSSR count). The summed E-state index contributed by atoms with van der Waals surface area (Å²) in [6, 6.07) is 7.92. The van der Waals surface area contributed by atoms with Crippen molar-refractivity contribution < 1.29 is 8.42 Å². The molecule has 1 aliphatic rings. The fraction of sp³-hybridized carbons (Fsp3) is 0.611. The largest absolute Gasteiger partial charge is 0.356 e. The molecular formula is C18H30ClIN4O2S. The van der Waals surface area contributed by atoms with E-state index in [0.29, 0.717) is 32.0 Å². The van der Waals surface area contributed by atoms with E-state index < -0.39 is 10.0 Å². The molecule has 1 saturated heterocycles. The summed E-state index contributed by atoms with van der Waals surface area (Å²) >= 11 is 6.06. The highest BCUT2D eigenvalue weighted by Gasteiger charge is 2.27. The van der Waals surface area contributed by atoms with Gasteiger partial charge in [0, 0.05) is 38.2 Å². The predicted octanol–water partition coefficient (Wildman–Crippen LogP) is 2.73. The van der Waals surface area contributed by atoms with E-state index in [1.165, 1.54) is 9.87 Å². The van der Waals surface area contributed by atoms with Gasteiger partial charge < -0.3 is 10.6 Å². The molecule has 0 bridgehead atoms. The molecular weight excluding hydrogens is 499 g/mol. The molecule has 6 nitrogen and oxygen atoms in total. The van der Waals surface area contributed by atoms with E-state index in [9.17, 15) is 8.42 Å². The molecule has 154 valence electrons. The number of hydrogen-bond acceptors (Lipinski definition) is 3. The predicted molar refractivity (Wildman–Crippen MR) is 124 cm³/mol. The van der Waals surface area contributed by atoms with Crippen molar-refractivity contribution in [2.24, 2.45) is 10.4 Å². The van der Waals surface area contributed by atoms with Gasteiger partial charge in [-0.15, -0.1) is 24.0 Å². The standard InChI is InChI=1S/C18H29ClN4O2S.HI/c1-18(2,13-15-6-4-7-16(19)12-15)14-22-17(20-3)21-8-10-23-9-5-11-26(23,24)25;/h4,6-7,12H,5,8-11,13-14H2,1-3H3,(H2,20,21,22);1H. The average molecular weight is 529 g/mol. The second-order valence-electron chi connectivity index (χ2n) is 7.39. The molecule has 0 saturated carbocycles.